The number of hydrogen-bond donors (Lipinski definition) is 0. The Kier molecular flexibility index (Phi) is 16.4. The molecule has 0 heterocycles. The van der Waals surface area contributed by atoms with Crippen LogP contribution in [0.3, 0.4) is 0 Å². The van der Waals surface area contributed by atoms with E-state index in [9.17, 15) is 13.2 Å². The van der Waals surface area contributed by atoms with Crippen LogP contribution >= 0.6 is 0 Å². The summed E-state index contributed by atoms with van der Waals surface area (Å²) in [6, 6.07) is 15.6. The number of hydrogen-bond acceptors (Lipinski definition) is 2. The first kappa shape index (κ1) is 46.4. The minimum absolute atomic E-state index is 0.272. The van der Waals surface area contributed by atoms with E-state index in [4.69, 9.17) is 9.90 Å². The Morgan fingerprint density at radius 3 is 0.660 bits per heavy atom. The molecular formula is C47H69F3O2S. The summed E-state index contributed by atoms with van der Waals surface area (Å²) < 4.78 is 31.5. The van der Waals surface area contributed by atoms with Crippen LogP contribution in [0, 0.1) is 0 Å². The van der Waals surface area contributed by atoms with Crippen LogP contribution in [0.25, 0.3) is 0 Å². The molecule has 0 radical (unpaired) electrons. The van der Waals surface area contributed by atoms with Crippen LogP contribution in [0.15, 0.2) is 51.1 Å². The standard InChI is InChI=1S/C45H69S.C2HF3O2/c1-25(2)34-19-37(28(7)8)43(38(20-34)29(9)10)46(44-39(30(11)12)21-35(26(3)4)22-40(44)31(13)14)45-41(32(15)16)23-36(27(5)6)24-42(45)33(17)18;3-2(4,5)1(6)7/h19-33H,1-18H3;(H,6,7)/q+1;/p-1. The van der Waals surface area contributed by atoms with Crippen molar-refractivity contribution in [2.45, 2.75) is 199 Å². The van der Waals surface area contributed by atoms with Crippen molar-refractivity contribution in [3.8, 4) is 0 Å². The van der Waals surface area contributed by atoms with Crippen LogP contribution in [0.2, 0.25) is 0 Å². The van der Waals surface area contributed by atoms with Crippen molar-refractivity contribution in [1.82, 2.24) is 0 Å². The quantitative estimate of drug-likeness (QED) is 0.173. The first-order chi connectivity index (χ1) is 24.2. The van der Waals surface area contributed by atoms with Gasteiger partial charge in [0.25, 0.3) is 0 Å². The fraction of sp³-hybridized carbons (Fsp3) is 0.596. The molecule has 0 aliphatic rings. The predicted molar refractivity (Wildman–Crippen MR) is 219 cm³/mol. The summed E-state index contributed by atoms with van der Waals surface area (Å²) >= 11 is 0. The second kappa shape index (κ2) is 18.7. The maximum atomic E-state index is 10.5. The van der Waals surface area contributed by atoms with Gasteiger partial charge < -0.3 is 9.90 Å². The Balaban J connectivity index is 0.00000126. The molecular weight excluding hydrogens is 686 g/mol. The van der Waals surface area contributed by atoms with E-state index >= 15 is 0 Å². The SMILES string of the molecule is CC(C)c1cc(C(C)C)c([S+](c2c(C(C)C)cc(C(C)C)cc2C(C)C)c2c(C(C)C)cc(C(C)C)cc2C(C)C)c(C(C)C)c1.O=C([O-])C(F)(F)F. The van der Waals surface area contributed by atoms with Crippen LogP contribution in [0.1, 0.15) is 228 Å². The van der Waals surface area contributed by atoms with Crippen LogP contribution < -0.4 is 5.11 Å². The van der Waals surface area contributed by atoms with Crippen LogP contribution in [0.5, 0.6) is 0 Å². The van der Waals surface area contributed by atoms with Gasteiger partial charge in [-0.05, 0) is 70.0 Å². The molecule has 0 fully saturated rings. The van der Waals surface area contributed by atoms with Crippen LogP contribution in [-0.4, -0.2) is 12.1 Å². The van der Waals surface area contributed by atoms with Gasteiger partial charge in [0.1, 0.15) is 16.9 Å². The first-order valence-corrected chi connectivity index (χ1v) is 21.0. The van der Waals surface area contributed by atoms with Gasteiger partial charge in [0.05, 0.1) is 0 Å². The van der Waals surface area contributed by atoms with Gasteiger partial charge >= 0.3 is 6.18 Å². The average Bonchev–Trinajstić information content (AvgIpc) is 3.03. The molecule has 6 heteroatoms. The fourth-order valence-corrected chi connectivity index (χ4v) is 10.5. The molecule has 0 saturated carbocycles. The normalized spacial score (nSPS) is 12.6. The Bertz CT molecular complexity index is 1420. The summed E-state index contributed by atoms with van der Waals surface area (Å²) in [4.78, 5) is 13.6. The lowest BCUT2D eigenvalue weighted by atomic mass is 9.89. The second-order valence-corrected chi connectivity index (χ2v) is 19.4. The zero-order valence-corrected chi connectivity index (χ0v) is 36.8. The lowest BCUT2D eigenvalue weighted by molar-refractivity contribution is -0.344. The average molecular weight is 755 g/mol. The van der Waals surface area contributed by atoms with Crippen molar-refractivity contribution in [2.24, 2.45) is 0 Å². The predicted octanol–water partition coefficient (Wildman–Crippen LogP) is 14.2. The van der Waals surface area contributed by atoms with Crippen molar-refractivity contribution < 1.29 is 23.1 Å². The van der Waals surface area contributed by atoms with E-state index in [0.717, 1.165) is 0 Å². The van der Waals surface area contributed by atoms with Crippen LogP contribution in [-0.2, 0) is 15.7 Å². The Hall–Kier alpha value is -2.73. The number of carbonyl (C=O) groups excluding carboxylic acids is 1. The molecule has 296 valence electrons. The highest BCUT2D eigenvalue weighted by atomic mass is 32.2. The largest absolute Gasteiger partial charge is 0.542 e. The highest BCUT2D eigenvalue weighted by Crippen LogP contribution is 2.51. The van der Waals surface area contributed by atoms with E-state index in [0.29, 0.717) is 53.3 Å². The van der Waals surface area contributed by atoms with Gasteiger partial charge in [0, 0.05) is 33.4 Å². The zero-order chi connectivity index (χ0) is 41.0. The molecule has 0 unspecified atom stereocenters. The van der Waals surface area contributed by atoms with Gasteiger partial charge in [-0.25, -0.2) is 0 Å². The van der Waals surface area contributed by atoms with Gasteiger partial charge in [0.2, 0.25) is 0 Å². The number of rotatable bonds is 12. The number of aliphatic carboxylic acids is 1. The molecule has 3 rings (SSSR count). The molecule has 0 N–H and O–H groups in total. The van der Waals surface area contributed by atoms with Gasteiger partial charge in [-0.1, -0.05) is 161 Å². The maximum absolute atomic E-state index is 10.5. The highest BCUT2D eigenvalue weighted by Gasteiger charge is 2.44. The van der Waals surface area contributed by atoms with Gasteiger partial charge in [-0.15, -0.1) is 0 Å². The number of carbonyl (C=O) groups is 1. The minimum atomic E-state index is -5.19. The third-order valence-electron chi connectivity index (χ3n) is 10.1. The molecule has 0 atom stereocenters. The van der Waals surface area contributed by atoms with Crippen molar-refractivity contribution >= 4 is 16.9 Å². The number of halogens is 3. The molecule has 3 aromatic rings. The third kappa shape index (κ3) is 11.2. The van der Waals surface area contributed by atoms with Crippen molar-refractivity contribution in [3.05, 3.63) is 86.5 Å². The lowest BCUT2D eigenvalue weighted by Gasteiger charge is -2.29. The maximum Gasteiger partial charge on any atom is 0.430 e. The monoisotopic (exact) mass is 754 g/mol. The molecule has 0 saturated heterocycles. The lowest BCUT2D eigenvalue weighted by Crippen LogP contribution is -2.37. The Labute approximate surface area is 324 Å². The molecule has 53 heavy (non-hydrogen) atoms. The second-order valence-electron chi connectivity index (χ2n) is 17.6. The minimum Gasteiger partial charge on any atom is -0.542 e. The van der Waals surface area contributed by atoms with Crippen molar-refractivity contribution in [1.29, 1.82) is 0 Å². The highest BCUT2D eigenvalue weighted by molar-refractivity contribution is 7.97. The van der Waals surface area contributed by atoms with Crippen LogP contribution in [0.4, 0.5) is 13.2 Å². The summed E-state index contributed by atoms with van der Waals surface area (Å²) in [5.74, 6) is 1.07. The van der Waals surface area contributed by atoms with Crippen molar-refractivity contribution in [3.63, 3.8) is 0 Å². The topological polar surface area (TPSA) is 40.1 Å². The number of carboxylic acids is 1. The third-order valence-corrected chi connectivity index (χ3v) is 12.7. The fourth-order valence-electron chi connectivity index (χ4n) is 6.68. The molecule has 0 aliphatic heterocycles. The summed E-state index contributed by atoms with van der Waals surface area (Å²) in [6.45, 7) is 43.3. The first-order valence-electron chi connectivity index (χ1n) is 19.8. The van der Waals surface area contributed by atoms with Gasteiger partial charge in [-0.2, -0.15) is 13.2 Å². The van der Waals surface area contributed by atoms with E-state index in [1.807, 2.05) is 0 Å². The Morgan fingerprint density at radius 1 is 0.415 bits per heavy atom. The molecule has 0 spiro atoms. The molecule has 0 bridgehead atoms. The molecule has 3 aromatic carbocycles. The smallest absolute Gasteiger partial charge is 0.430 e. The summed E-state index contributed by atoms with van der Waals surface area (Å²) in [7, 11) is -0.272. The molecule has 0 aliphatic carbocycles. The molecule has 0 amide bonds. The number of alkyl halides is 3. The summed E-state index contributed by atoms with van der Waals surface area (Å²) in [5.41, 5.74) is 13.7. The zero-order valence-electron chi connectivity index (χ0n) is 36.0. The van der Waals surface area contributed by atoms with Crippen molar-refractivity contribution in [2.75, 3.05) is 0 Å². The van der Waals surface area contributed by atoms with E-state index < -0.39 is 12.1 Å². The summed E-state index contributed by atoms with van der Waals surface area (Å²) in [5, 5.41) is 8.78. The summed E-state index contributed by atoms with van der Waals surface area (Å²) in [6.07, 6.45) is -5.19. The Morgan fingerprint density at radius 2 is 0.566 bits per heavy atom. The number of carboxylic acid groups (broad SMARTS) is 1. The number of benzene rings is 3. The van der Waals surface area contributed by atoms with Gasteiger partial charge in [-0.3, -0.25) is 0 Å². The molecule has 0 aromatic heterocycles. The van der Waals surface area contributed by atoms with E-state index in [2.05, 4.69) is 161 Å². The van der Waals surface area contributed by atoms with E-state index in [1.54, 1.807) is 48.1 Å². The molecule has 2 nitrogen and oxygen atoms in total. The van der Waals surface area contributed by atoms with E-state index in [1.165, 1.54) is 16.7 Å². The van der Waals surface area contributed by atoms with Gasteiger partial charge in [0.15, 0.2) is 14.7 Å². The van der Waals surface area contributed by atoms with E-state index in [-0.39, 0.29) is 10.9 Å².